The van der Waals surface area contributed by atoms with Crippen molar-refractivity contribution < 1.29 is 33.8 Å². The van der Waals surface area contributed by atoms with Gasteiger partial charge in [0.05, 0.1) is 36.2 Å². The van der Waals surface area contributed by atoms with Crippen LogP contribution in [0.1, 0.15) is 51.7 Å². The van der Waals surface area contributed by atoms with Crippen LogP contribution in [0.3, 0.4) is 0 Å². The Balaban J connectivity index is 1.31. The molecule has 3 amide bonds. The molecule has 4 aliphatic heterocycles. The third kappa shape index (κ3) is 6.22. The first-order valence-corrected chi connectivity index (χ1v) is 17.7. The number of hydrogen-bond acceptors (Lipinski definition) is 9. The summed E-state index contributed by atoms with van der Waals surface area (Å²) in [6, 6.07) is 14.1. The molecule has 7 rings (SSSR count). The van der Waals surface area contributed by atoms with Crippen molar-refractivity contribution in [2.45, 2.75) is 82.6 Å². The number of aliphatic hydroxyl groups excluding tert-OH is 1. The highest BCUT2D eigenvalue weighted by atomic mass is 16.6. The molecular weight excluding hydrogens is 652 g/mol. The molecular formula is C38H44N6O7. The Morgan fingerprint density at radius 3 is 2.55 bits per heavy atom. The molecule has 5 heterocycles. The van der Waals surface area contributed by atoms with Crippen LogP contribution in [0.4, 0.5) is 0 Å². The van der Waals surface area contributed by atoms with Gasteiger partial charge in [0.15, 0.2) is 0 Å². The van der Waals surface area contributed by atoms with Crippen molar-refractivity contribution in [1.82, 2.24) is 30.1 Å². The van der Waals surface area contributed by atoms with Crippen LogP contribution >= 0.6 is 0 Å². The van der Waals surface area contributed by atoms with Gasteiger partial charge in [0.2, 0.25) is 11.8 Å². The summed E-state index contributed by atoms with van der Waals surface area (Å²) < 4.78 is 14.8. The summed E-state index contributed by atoms with van der Waals surface area (Å²) in [4.78, 5) is 60.3. The fraction of sp³-hybridized carbons (Fsp3) is 0.474. The molecule has 4 aliphatic rings. The molecule has 1 aromatic heterocycles. The highest BCUT2D eigenvalue weighted by molar-refractivity contribution is 5.99. The number of nitrogens with one attached hydrogen (secondary N) is 1. The molecule has 0 bridgehead atoms. The summed E-state index contributed by atoms with van der Waals surface area (Å²) in [7, 11) is 0. The third-order valence-electron chi connectivity index (χ3n) is 10.4. The fourth-order valence-corrected chi connectivity index (χ4v) is 8.21. The minimum absolute atomic E-state index is 0.0589. The number of allylic oxidation sites excluding steroid dienone is 1. The van der Waals surface area contributed by atoms with E-state index < -0.39 is 65.6 Å². The van der Waals surface area contributed by atoms with Crippen LogP contribution in [-0.2, 0) is 35.3 Å². The molecule has 0 unspecified atom stereocenters. The molecule has 13 nitrogen and oxygen atoms in total. The van der Waals surface area contributed by atoms with Crippen molar-refractivity contribution in [3.8, 4) is 0 Å². The lowest BCUT2D eigenvalue weighted by Crippen LogP contribution is -2.58. The van der Waals surface area contributed by atoms with E-state index in [2.05, 4.69) is 15.6 Å². The van der Waals surface area contributed by atoms with Gasteiger partial charge in [-0.3, -0.25) is 19.2 Å². The lowest BCUT2D eigenvalue weighted by Gasteiger charge is -2.39. The monoisotopic (exact) mass is 696 g/mol. The number of fused-ring (bicyclic) bond motifs is 3. The Hall–Kier alpha value is -4.88. The number of ether oxygens (including phenoxy) is 2. The zero-order chi connectivity index (χ0) is 35.9. The van der Waals surface area contributed by atoms with Gasteiger partial charge in [0.1, 0.15) is 35.9 Å². The normalized spacial score (nSPS) is 30.9. The Morgan fingerprint density at radius 1 is 1.02 bits per heavy atom. The summed E-state index contributed by atoms with van der Waals surface area (Å²) in [5.74, 6) is -3.85. The SMILES string of the molecule is CC(C)C[C@H](CO)N1C(=O)[C@H]2[C@@H]3C(=O)O[C@@H](c4ccccc4)[C@H](C)NC(=O)CC/C=C\[C@@H]3O[C@]23C=CCN(Cn2nnc4ccccc42)C(=O)[C@H]13. The van der Waals surface area contributed by atoms with Gasteiger partial charge in [-0.25, -0.2) is 4.68 Å². The Labute approximate surface area is 296 Å². The van der Waals surface area contributed by atoms with Gasteiger partial charge in [-0.2, -0.15) is 0 Å². The Kier molecular flexibility index (Phi) is 9.51. The first-order chi connectivity index (χ1) is 24.6. The zero-order valence-electron chi connectivity index (χ0n) is 29.0. The van der Waals surface area contributed by atoms with Crippen LogP contribution in [0.2, 0.25) is 0 Å². The first-order valence-electron chi connectivity index (χ1n) is 17.7. The van der Waals surface area contributed by atoms with Gasteiger partial charge in [-0.15, -0.1) is 5.10 Å². The number of cyclic esters (lactones) is 1. The summed E-state index contributed by atoms with van der Waals surface area (Å²) in [5.41, 5.74) is 0.572. The van der Waals surface area contributed by atoms with Gasteiger partial charge < -0.3 is 29.7 Å². The summed E-state index contributed by atoms with van der Waals surface area (Å²) in [6.45, 7) is 5.63. The van der Waals surface area contributed by atoms with E-state index in [1.54, 1.807) is 40.8 Å². The lowest BCUT2D eigenvalue weighted by atomic mass is 9.77. The number of carbonyl (C=O) groups is 4. The molecule has 1 spiro atoms. The largest absolute Gasteiger partial charge is 0.455 e. The van der Waals surface area contributed by atoms with Crippen LogP contribution in [0, 0.1) is 17.8 Å². The third-order valence-corrected chi connectivity index (χ3v) is 10.4. The highest BCUT2D eigenvalue weighted by Crippen LogP contribution is 2.54. The van der Waals surface area contributed by atoms with E-state index in [0.717, 1.165) is 5.52 Å². The predicted octanol–water partition coefficient (Wildman–Crippen LogP) is 2.91. The van der Waals surface area contributed by atoms with E-state index >= 15 is 0 Å². The number of nitrogens with zero attached hydrogens (tertiary/aromatic N) is 5. The molecule has 268 valence electrons. The molecule has 2 N–H and O–H groups in total. The van der Waals surface area contributed by atoms with Gasteiger partial charge in [-0.1, -0.05) is 85.8 Å². The number of aromatic nitrogens is 3. The number of para-hydroxylation sites is 1. The smallest absolute Gasteiger partial charge is 0.313 e. The van der Waals surface area contributed by atoms with Crippen LogP contribution < -0.4 is 5.32 Å². The summed E-state index contributed by atoms with van der Waals surface area (Å²) in [5, 5.41) is 22.2. The molecule has 51 heavy (non-hydrogen) atoms. The van der Waals surface area contributed by atoms with Crippen molar-refractivity contribution in [1.29, 1.82) is 0 Å². The number of carbonyl (C=O) groups excluding carboxylic acids is 4. The van der Waals surface area contributed by atoms with Gasteiger partial charge in [0.25, 0.3) is 5.91 Å². The molecule has 3 aromatic rings. The standard InChI is InChI=1S/C38H44N6O7/c1-23(2)20-26(21-45)44-34-36(48)42(22-43-28-15-8-7-14-27(28)40-41-43)19-11-18-38(34)32(35(44)47)31-29(51-38)16-9-10-17-30(46)39-24(3)33(50-37(31)49)25-12-5-4-6-13-25/h4-9,11-16,18,23-24,26,29,31-34,45H,10,17,19-22H2,1-3H3,(H,39,46)/b16-9-/t24-,26+,29-,31+,32+,33+,34-,38+/m0/s1. The number of esters is 1. The van der Waals surface area contributed by atoms with Crippen LogP contribution in [0.15, 0.2) is 78.9 Å². The van der Waals surface area contributed by atoms with E-state index in [4.69, 9.17) is 9.47 Å². The number of rotatable bonds is 7. The number of benzene rings is 2. The molecule has 13 heteroatoms. The van der Waals surface area contributed by atoms with E-state index in [0.29, 0.717) is 23.9 Å². The lowest BCUT2D eigenvalue weighted by molar-refractivity contribution is -0.162. The maximum absolute atomic E-state index is 14.9. The average Bonchev–Trinajstić information content (AvgIpc) is 3.71. The fourth-order valence-electron chi connectivity index (χ4n) is 8.21. The number of likely N-dealkylation sites (tertiary alicyclic amines) is 1. The van der Waals surface area contributed by atoms with E-state index in [9.17, 15) is 24.3 Å². The molecule has 0 aliphatic carbocycles. The van der Waals surface area contributed by atoms with Crippen LogP contribution in [0.25, 0.3) is 11.0 Å². The molecule has 2 aromatic carbocycles. The van der Waals surface area contributed by atoms with Gasteiger partial charge in [0, 0.05) is 13.0 Å². The second-order valence-corrected chi connectivity index (χ2v) is 14.3. The molecule has 2 fully saturated rings. The molecule has 0 saturated carbocycles. The first kappa shape index (κ1) is 34.6. The van der Waals surface area contributed by atoms with Crippen molar-refractivity contribution in [3.05, 3.63) is 84.5 Å². The van der Waals surface area contributed by atoms with Crippen LogP contribution in [-0.4, -0.2) is 96.6 Å². The topological polar surface area (TPSA) is 156 Å². The van der Waals surface area contributed by atoms with Crippen molar-refractivity contribution >= 4 is 34.7 Å². The number of aliphatic hydroxyl groups is 1. The molecule has 0 radical (unpaired) electrons. The maximum atomic E-state index is 14.9. The van der Waals surface area contributed by atoms with Gasteiger partial charge in [-0.05, 0) is 43.4 Å². The number of amides is 3. The Bertz CT molecular complexity index is 1860. The quantitative estimate of drug-likeness (QED) is 0.280. The number of hydrogen-bond donors (Lipinski definition) is 2. The second-order valence-electron chi connectivity index (χ2n) is 14.3. The van der Waals surface area contributed by atoms with Crippen molar-refractivity contribution in [2.24, 2.45) is 17.8 Å². The predicted molar refractivity (Wildman–Crippen MR) is 185 cm³/mol. The molecule has 2 saturated heterocycles. The van der Waals surface area contributed by atoms with Crippen LogP contribution in [0.5, 0.6) is 0 Å². The zero-order valence-corrected chi connectivity index (χ0v) is 29.0. The molecule has 8 atom stereocenters. The van der Waals surface area contributed by atoms with E-state index in [1.165, 1.54) is 4.90 Å². The van der Waals surface area contributed by atoms with Crippen molar-refractivity contribution in [2.75, 3.05) is 13.2 Å². The minimum atomic E-state index is -1.54. The highest BCUT2D eigenvalue weighted by Gasteiger charge is 2.72. The minimum Gasteiger partial charge on any atom is -0.455 e. The van der Waals surface area contributed by atoms with E-state index in [-0.39, 0.29) is 38.1 Å². The van der Waals surface area contributed by atoms with Crippen molar-refractivity contribution in [3.63, 3.8) is 0 Å². The van der Waals surface area contributed by atoms with E-state index in [1.807, 2.05) is 68.4 Å². The average molecular weight is 697 g/mol. The Morgan fingerprint density at radius 2 is 1.78 bits per heavy atom. The second kappa shape index (κ2) is 14.0. The summed E-state index contributed by atoms with van der Waals surface area (Å²) in [6.07, 6.45) is 6.29. The van der Waals surface area contributed by atoms with Gasteiger partial charge >= 0.3 is 5.97 Å². The maximum Gasteiger partial charge on any atom is 0.313 e. The summed E-state index contributed by atoms with van der Waals surface area (Å²) >= 11 is 0.